The molecule has 3 N–H and O–H groups in total. The summed E-state index contributed by atoms with van der Waals surface area (Å²) < 4.78 is 38.7. The molecule has 0 radical (unpaired) electrons. The number of pyridine rings is 2. The number of nitrogens with two attached hydrogens (primary N) is 1. The molecule has 12 heteroatoms. The van der Waals surface area contributed by atoms with Crippen molar-refractivity contribution in [3.63, 3.8) is 0 Å². The van der Waals surface area contributed by atoms with E-state index in [9.17, 15) is 27.6 Å². The average Bonchev–Trinajstić information content (AvgIpc) is 3.21. The molecule has 0 saturated heterocycles. The van der Waals surface area contributed by atoms with Crippen molar-refractivity contribution in [3.05, 3.63) is 62.9 Å². The van der Waals surface area contributed by atoms with Crippen LogP contribution in [0.4, 0.5) is 13.2 Å². The number of alkyl halides is 3. The van der Waals surface area contributed by atoms with E-state index in [2.05, 4.69) is 0 Å². The van der Waals surface area contributed by atoms with Gasteiger partial charge in [0.15, 0.2) is 5.78 Å². The van der Waals surface area contributed by atoms with Crippen molar-refractivity contribution < 1.29 is 37.4 Å². The first kappa shape index (κ1) is 26.5. The first-order valence-electron chi connectivity index (χ1n) is 10.7. The number of aliphatic carboxylic acids is 1. The highest BCUT2D eigenvalue weighted by molar-refractivity contribution is 5.98. The lowest BCUT2D eigenvalue weighted by Crippen LogP contribution is -2.24. The highest BCUT2D eigenvalue weighted by Crippen LogP contribution is 2.36. The van der Waals surface area contributed by atoms with Gasteiger partial charge in [0.25, 0.3) is 5.56 Å². The Labute approximate surface area is 202 Å². The quantitative estimate of drug-likeness (QED) is 0.312. The molecule has 0 unspecified atom stereocenters. The van der Waals surface area contributed by atoms with Gasteiger partial charge in [0, 0.05) is 34.1 Å². The summed E-state index contributed by atoms with van der Waals surface area (Å²) in [4.78, 5) is 50.6. The van der Waals surface area contributed by atoms with E-state index in [1.54, 1.807) is 24.5 Å². The van der Waals surface area contributed by atoms with Crippen molar-refractivity contribution >= 4 is 28.6 Å². The molecule has 0 atom stereocenters. The van der Waals surface area contributed by atoms with Crippen molar-refractivity contribution in [2.24, 2.45) is 5.73 Å². The number of ketones is 1. The van der Waals surface area contributed by atoms with Crippen LogP contribution in [0, 0.1) is 6.92 Å². The largest absolute Gasteiger partial charge is 0.490 e. The van der Waals surface area contributed by atoms with Crippen LogP contribution in [0.25, 0.3) is 22.3 Å². The smallest absolute Gasteiger partial charge is 0.475 e. The number of aromatic nitrogens is 2. The summed E-state index contributed by atoms with van der Waals surface area (Å²) in [6.45, 7) is 3.61. The number of esters is 1. The van der Waals surface area contributed by atoms with Crippen molar-refractivity contribution in [3.8, 4) is 11.4 Å². The van der Waals surface area contributed by atoms with Crippen LogP contribution in [0.1, 0.15) is 40.4 Å². The number of carbonyl (C=O) groups excluding carboxylic acids is 2. The van der Waals surface area contributed by atoms with Crippen molar-refractivity contribution in [1.82, 2.24) is 9.55 Å². The number of Topliss-reactive ketones (excluding diaryl/α,β-unsaturated/α-hetero) is 1. The van der Waals surface area contributed by atoms with E-state index < -0.39 is 18.1 Å². The van der Waals surface area contributed by atoms with Gasteiger partial charge in [0.2, 0.25) is 0 Å². The summed E-state index contributed by atoms with van der Waals surface area (Å²) in [6, 6.07) is 9.31. The van der Waals surface area contributed by atoms with Gasteiger partial charge < -0.3 is 20.1 Å². The number of nitrogens with zero attached hydrogens (tertiary/aromatic N) is 2. The maximum atomic E-state index is 13.0. The van der Waals surface area contributed by atoms with Gasteiger partial charge in [0.05, 0.1) is 30.0 Å². The lowest BCUT2D eigenvalue weighted by atomic mass is 10.00. The van der Waals surface area contributed by atoms with E-state index in [1.807, 2.05) is 24.3 Å². The lowest BCUT2D eigenvalue weighted by Gasteiger charge is -2.12. The maximum absolute atomic E-state index is 13.0. The molecule has 2 aromatic heterocycles. The van der Waals surface area contributed by atoms with Gasteiger partial charge >= 0.3 is 18.1 Å². The molecule has 3 aromatic rings. The number of fused-ring (bicyclic) bond motifs is 4. The summed E-state index contributed by atoms with van der Waals surface area (Å²) in [7, 11) is 0. The Kier molecular flexibility index (Phi) is 7.58. The minimum Gasteiger partial charge on any atom is -0.475 e. The normalized spacial score (nSPS) is 11.8. The highest BCUT2D eigenvalue weighted by atomic mass is 19.4. The second kappa shape index (κ2) is 10.3. The highest BCUT2D eigenvalue weighted by Gasteiger charge is 2.38. The third-order valence-corrected chi connectivity index (χ3v) is 5.62. The molecule has 0 bridgehead atoms. The van der Waals surface area contributed by atoms with Crippen LogP contribution in [-0.2, 0) is 27.5 Å². The Bertz CT molecular complexity index is 1430. The number of benzene rings is 1. The van der Waals surface area contributed by atoms with Crippen LogP contribution in [0.5, 0.6) is 0 Å². The molecule has 0 fully saturated rings. The number of rotatable bonds is 5. The monoisotopic (exact) mass is 505 g/mol. The Morgan fingerprint density at radius 3 is 2.44 bits per heavy atom. The molecule has 4 rings (SSSR count). The van der Waals surface area contributed by atoms with E-state index in [-0.39, 0.29) is 24.5 Å². The van der Waals surface area contributed by atoms with Gasteiger partial charge in [-0.05, 0) is 19.1 Å². The van der Waals surface area contributed by atoms with Gasteiger partial charge in [0.1, 0.15) is 6.61 Å². The van der Waals surface area contributed by atoms with Crippen LogP contribution in [0.15, 0.2) is 35.1 Å². The Morgan fingerprint density at radius 2 is 1.86 bits per heavy atom. The fraction of sp³-hybridized carbons (Fsp3) is 0.292. The van der Waals surface area contributed by atoms with E-state index in [4.69, 9.17) is 25.4 Å². The van der Waals surface area contributed by atoms with Gasteiger partial charge in [-0.2, -0.15) is 13.2 Å². The first-order valence-corrected chi connectivity index (χ1v) is 10.7. The molecular weight excluding hydrogens is 483 g/mol. The van der Waals surface area contributed by atoms with Crippen molar-refractivity contribution in [1.29, 1.82) is 0 Å². The minimum absolute atomic E-state index is 0.0455. The van der Waals surface area contributed by atoms with Gasteiger partial charge in [-0.15, -0.1) is 0 Å². The minimum atomic E-state index is -5.08. The fourth-order valence-electron chi connectivity index (χ4n) is 3.82. The number of carboxylic acids is 1. The van der Waals surface area contributed by atoms with E-state index in [0.717, 1.165) is 22.0 Å². The summed E-state index contributed by atoms with van der Waals surface area (Å²) in [5.41, 5.74) is 9.65. The zero-order chi connectivity index (χ0) is 26.8. The van der Waals surface area contributed by atoms with Gasteiger partial charge in [-0.3, -0.25) is 14.4 Å². The Morgan fingerprint density at radius 1 is 1.22 bits per heavy atom. The second-order valence-electron chi connectivity index (χ2n) is 7.84. The third kappa shape index (κ3) is 5.13. The van der Waals surface area contributed by atoms with Crippen LogP contribution in [-0.4, -0.2) is 45.1 Å². The Balaban J connectivity index is 0.000000454. The standard InChI is InChI=1S/C22H21N3O4.C2HF3O2/c1-3-19(26)14-8-18-21-15(10-25(18)22(28)12(14)2)16(11-29-20(27)9-23)13-6-4-5-7-17(13)24-21;3-2(4,5)1(6)7/h4-8H,3,9-11,23H2,1-2H3;(H,6,7). The summed E-state index contributed by atoms with van der Waals surface area (Å²) in [5.74, 6) is -3.33. The third-order valence-electron chi connectivity index (χ3n) is 5.62. The van der Waals surface area contributed by atoms with Gasteiger partial charge in [-0.25, -0.2) is 9.78 Å². The Hall–Kier alpha value is -4.06. The van der Waals surface area contributed by atoms with Gasteiger partial charge in [-0.1, -0.05) is 25.1 Å². The molecule has 0 amide bonds. The molecule has 1 aliphatic rings. The zero-order valence-electron chi connectivity index (χ0n) is 19.3. The molecule has 1 aliphatic heterocycles. The molecular formula is C24H22F3N3O6. The molecule has 9 nitrogen and oxygen atoms in total. The van der Waals surface area contributed by atoms with E-state index >= 15 is 0 Å². The molecule has 0 aliphatic carbocycles. The molecule has 190 valence electrons. The zero-order valence-corrected chi connectivity index (χ0v) is 19.3. The summed E-state index contributed by atoms with van der Waals surface area (Å²) >= 11 is 0. The fourth-order valence-corrected chi connectivity index (χ4v) is 3.82. The first-order chi connectivity index (χ1) is 16.9. The van der Waals surface area contributed by atoms with Crippen molar-refractivity contribution in [2.75, 3.05) is 6.54 Å². The second-order valence-corrected chi connectivity index (χ2v) is 7.84. The van der Waals surface area contributed by atoms with Crippen molar-refractivity contribution in [2.45, 2.75) is 39.6 Å². The average molecular weight is 505 g/mol. The maximum Gasteiger partial charge on any atom is 0.490 e. The predicted octanol–water partition coefficient (Wildman–Crippen LogP) is 2.96. The van der Waals surface area contributed by atoms with E-state index in [0.29, 0.717) is 35.5 Å². The number of ether oxygens (including phenoxy) is 1. The van der Waals surface area contributed by atoms with Crippen LogP contribution >= 0.6 is 0 Å². The van der Waals surface area contributed by atoms with Crippen LogP contribution < -0.4 is 11.3 Å². The number of para-hydroxylation sites is 1. The van der Waals surface area contributed by atoms with Crippen LogP contribution in [0.2, 0.25) is 0 Å². The van der Waals surface area contributed by atoms with E-state index in [1.165, 1.54) is 0 Å². The number of carbonyl (C=O) groups is 3. The molecule has 3 heterocycles. The SMILES string of the molecule is CCC(=O)c1cc2n(c(=O)c1C)Cc1c-2nc2ccccc2c1COC(=O)CN.O=C(O)C(F)(F)F. The number of hydrogen-bond donors (Lipinski definition) is 2. The topological polar surface area (TPSA) is 142 Å². The molecule has 0 spiro atoms. The number of halogens is 3. The molecule has 36 heavy (non-hydrogen) atoms. The van der Waals surface area contributed by atoms with Crippen LogP contribution in [0.3, 0.4) is 0 Å². The summed E-state index contributed by atoms with van der Waals surface area (Å²) in [5, 5.41) is 7.98. The molecule has 1 aromatic carbocycles. The lowest BCUT2D eigenvalue weighted by molar-refractivity contribution is -0.192. The number of hydrogen-bond acceptors (Lipinski definition) is 7. The number of carboxylic acid groups (broad SMARTS) is 1. The molecule has 0 saturated carbocycles. The predicted molar refractivity (Wildman–Crippen MR) is 122 cm³/mol. The summed E-state index contributed by atoms with van der Waals surface area (Å²) in [6.07, 6.45) is -4.76.